The molecule has 1 aromatic rings. The average molecular weight is 347 g/mol. The second kappa shape index (κ2) is 6.37. The van der Waals surface area contributed by atoms with E-state index in [1.807, 2.05) is 0 Å². The van der Waals surface area contributed by atoms with Crippen molar-refractivity contribution >= 4 is 21.6 Å². The maximum atomic E-state index is 12.6. The van der Waals surface area contributed by atoms with Crippen LogP contribution in [0.2, 0.25) is 5.02 Å². The fourth-order valence-electron chi connectivity index (χ4n) is 1.59. The molecule has 10 heteroatoms. The van der Waals surface area contributed by atoms with Crippen LogP contribution in [0.1, 0.15) is 13.8 Å². The Morgan fingerprint density at radius 3 is 2.38 bits per heavy atom. The molecule has 1 aromatic heterocycles. The number of aromatic nitrogens is 1. The molecule has 0 saturated carbocycles. The number of hydrogen-bond donors (Lipinski definition) is 1. The second-order valence-corrected chi connectivity index (χ2v) is 7.16. The van der Waals surface area contributed by atoms with Gasteiger partial charge in [0.1, 0.15) is 11.6 Å². The molecule has 0 aliphatic heterocycles. The first-order valence-corrected chi connectivity index (χ1v) is 7.70. The number of nitrogens with zero attached hydrogens (tertiary/aromatic N) is 1. The molecule has 0 amide bonds. The van der Waals surface area contributed by atoms with Crippen LogP contribution in [0.3, 0.4) is 0 Å². The summed E-state index contributed by atoms with van der Waals surface area (Å²) >= 11 is 5.51. The SMILES string of the molecule is CC(C)CN(CC(F)(F)F)S(=O)(=O)c1c[nH]c(=O)c(Cl)c1. The van der Waals surface area contributed by atoms with Crippen molar-refractivity contribution in [1.29, 1.82) is 0 Å². The van der Waals surface area contributed by atoms with E-state index in [9.17, 15) is 26.4 Å². The van der Waals surface area contributed by atoms with Gasteiger partial charge >= 0.3 is 6.18 Å². The van der Waals surface area contributed by atoms with Crippen LogP contribution in [0.4, 0.5) is 13.2 Å². The molecule has 0 fully saturated rings. The topological polar surface area (TPSA) is 70.2 Å². The molecule has 5 nitrogen and oxygen atoms in total. The molecule has 0 unspecified atom stereocenters. The fraction of sp³-hybridized carbons (Fsp3) is 0.545. The molecule has 120 valence electrons. The summed E-state index contributed by atoms with van der Waals surface area (Å²) < 4.78 is 62.5. The van der Waals surface area contributed by atoms with E-state index in [4.69, 9.17) is 11.6 Å². The van der Waals surface area contributed by atoms with Crippen molar-refractivity contribution in [2.24, 2.45) is 5.92 Å². The molecule has 0 bridgehead atoms. The third-order valence-corrected chi connectivity index (χ3v) is 4.46. The zero-order valence-corrected chi connectivity index (χ0v) is 12.8. The van der Waals surface area contributed by atoms with Gasteiger partial charge in [-0.3, -0.25) is 4.79 Å². The lowest BCUT2D eigenvalue weighted by Crippen LogP contribution is -2.41. The summed E-state index contributed by atoms with van der Waals surface area (Å²) in [5.41, 5.74) is -0.721. The summed E-state index contributed by atoms with van der Waals surface area (Å²) in [5, 5.41) is -0.410. The van der Waals surface area contributed by atoms with Gasteiger partial charge in [0.2, 0.25) is 10.0 Å². The van der Waals surface area contributed by atoms with Gasteiger partial charge < -0.3 is 4.98 Å². The molecule has 1 N–H and O–H groups in total. The van der Waals surface area contributed by atoms with Gasteiger partial charge in [-0.25, -0.2) is 8.42 Å². The first-order chi connectivity index (χ1) is 9.43. The summed E-state index contributed by atoms with van der Waals surface area (Å²) in [4.78, 5) is 12.7. The van der Waals surface area contributed by atoms with E-state index in [-0.39, 0.29) is 12.5 Å². The third-order valence-electron chi connectivity index (χ3n) is 2.39. The molecule has 0 aliphatic carbocycles. The van der Waals surface area contributed by atoms with Crippen LogP contribution in [0.25, 0.3) is 0 Å². The second-order valence-electron chi connectivity index (χ2n) is 4.82. The van der Waals surface area contributed by atoms with Crippen LogP contribution in [0.5, 0.6) is 0 Å². The van der Waals surface area contributed by atoms with Crippen molar-refractivity contribution in [2.75, 3.05) is 13.1 Å². The van der Waals surface area contributed by atoms with Crippen LogP contribution in [0.15, 0.2) is 22.0 Å². The average Bonchev–Trinajstić information content (AvgIpc) is 2.29. The molecule has 1 heterocycles. The molecule has 21 heavy (non-hydrogen) atoms. The monoisotopic (exact) mass is 346 g/mol. The third kappa shape index (κ3) is 5.01. The standard InChI is InChI=1S/C11H14ClF3N2O3S/c1-7(2)5-17(6-11(13,14)15)21(19,20)8-3-9(12)10(18)16-4-8/h3-4,7H,5-6H2,1-2H3,(H,16,18). The van der Waals surface area contributed by atoms with Gasteiger partial charge in [-0.1, -0.05) is 25.4 Å². The van der Waals surface area contributed by atoms with E-state index < -0.39 is 38.2 Å². The molecule has 0 aromatic carbocycles. The zero-order valence-electron chi connectivity index (χ0n) is 11.2. The minimum atomic E-state index is -4.67. The van der Waals surface area contributed by atoms with Gasteiger partial charge in [0.25, 0.3) is 5.56 Å². The summed E-state index contributed by atoms with van der Waals surface area (Å²) in [7, 11) is -4.41. The molecular formula is C11H14ClF3N2O3S. The summed E-state index contributed by atoms with van der Waals surface area (Å²) in [6.45, 7) is 1.28. The van der Waals surface area contributed by atoms with Crippen molar-refractivity contribution in [3.63, 3.8) is 0 Å². The lowest BCUT2D eigenvalue weighted by molar-refractivity contribution is -0.136. The highest BCUT2D eigenvalue weighted by Gasteiger charge is 2.37. The van der Waals surface area contributed by atoms with E-state index in [2.05, 4.69) is 4.98 Å². The number of H-pyrrole nitrogens is 1. The Bertz CT molecular complexity index is 655. The van der Waals surface area contributed by atoms with Crippen LogP contribution >= 0.6 is 11.6 Å². The number of sulfonamides is 1. The van der Waals surface area contributed by atoms with E-state index in [1.54, 1.807) is 13.8 Å². The number of halogens is 4. The summed E-state index contributed by atoms with van der Waals surface area (Å²) in [6.07, 6.45) is -3.85. The van der Waals surface area contributed by atoms with E-state index in [1.165, 1.54) is 0 Å². The maximum Gasteiger partial charge on any atom is 0.402 e. The Morgan fingerprint density at radius 1 is 1.38 bits per heavy atom. The smallest absolute Gasteiger partial charge is 0.326 e. The van der Waals surface area contributed by atoms with Gasteiger partial charge in [-0.2, -0.15) is 17.5 Å². The van der Waals surface area contributed by atoms with Crippen LogP contribution < -0.4 is 5.56 Å². The van der Waals surface area contributed by atoms with Crippen molar-refractivity contribution in [2.45, 2.75) is 24.9 Å². The van der Waals surface area contributed by atoms with Gasteiger partial charge in [-0.05, 0) is 12.0 Å². The quantitative estimate of drug-likeness (QED) is 0.888. The minimum Gasteiger partial charge on any atom is -0.326 e. The van der Waals surface area contributed by atoms with Gasteiger partial charge in [0.15, 0.2) is 0 Å². The number of rotatable bonds is 5. The number of pyridine rings is 1. The predicted molar refractivity (Wildman–Crippen MR) is 71.7 cm³/mol. The van der Waals surface area contributed by atoms with Crippen molar-refractivity contribution in [1.82, 2.24) is 9.29 Å². The predicted octanol–water partition coefficient (Wildman–Crippen LogP) is 2.24. The van der Waals surface area contributed by atoms with Crippen molar-refractivity contribution in [3.8, 4) is 0 Å². The fourth-order valence-corrected chi connectivity index (χ4v) is 3.41. The number of hydrogen-bond acceptors (Lipinski definition) is 3. The Kier molecular flexibility index (Phi) is 5.46. The Hall–Kier alpha value is -1.06. The Balaban J connectivity index is 3.25. The number of alkyl halides is 3. The molecule has 0 aliphatic rings. The number of aromatic amines is 1. The van der Waals surface area contributed by atoms with Gasteiger partial charge in [-0.15, -0.1) is 0 Å². The minimum absolute atomic E-state index is 0.305. The molecule has 0 radical (unpaired) electrons. The van der Waals surface area contributed by atoms with Crippen LogP contribution in [-0.4, -0.2) is 37.0 Å². The largest absolute Gasteiger partial charge is 0.402 e. The van der Waals surface area contributed by atoms with Gasteiger partial charge in [0.05, 0.1) is 4.90 Å². The first kappa shape index (κ1) is 18.0. The highest BCUT2D eigenvalue weighted by molar-refractivity contribution is 7.89. The lowest BCUT2D eigenvalue weighted by Gasteiger charge is -2.24. The van der Waals surface area contributed by atoms with E-state index >= 15 is 0 Å². The first-order valence-electron chi connectivity index (χ1n) is 5.88. The molecular weight excluding hydrogens is 333 g/mol. The summed E-state index contributed by atoms with van der Waals surface area (Å²) in [5.74, 6) is -0.305. The number of nitrogens with one attached hydrogen (secondary N) is 1. The Labute approximate surface area is 124 Å². The molecule has 0 spiro atoms. The van der Waals surface area contributed by atoms with Gasteiger partial charge in [0, 0.05) is 12.7 Å². The normalized spacial score (nSPS) is 13.1. The summed E-state index contributed by atoms with van der Waals surface area (Å²) in [6, 6.07) is 0.833. The van der Waals surface area contributed by atoms with E-state index in [0.717, 1.165) is 12.3 Å². The van der Waals surface area contributed by atoms with E-state index in [0.29, 0.717) is 4.31 Å². The Morgan fingerprint density at radius 2 is 1.95 bits per heavy atom. The van der Waals surface area contributed by atoms with Crippen molar-refractivity contribution < 1.29 is 21.6 Å². The molecule has 0 saturated heterocycles. The molecule has 0 atom stereocenters. The highest BCUT2D eigenvalue weighted by atomic mass is 35.5. The molecule has 1 rings (SSSR count). The lowest BCUT2D eigenvalue weighted by atomic mass is 10.2. The van der Waals surface area contributed by atoms with Crippen LogP contribution in [0, 0.1) is 5.92 Å². The zero-order chi connectivity index (χ0) is 16.4. The highest BCUT2D eigenvalue weighted by Crippen LogP contribution is 2.23. The maximum absolute atomic E-state index is 12.6. The van der Waals surface area contributed by atoms with Crippen LogP contribution in [-0.2, 0) is 10.0 Å². The van der Waals surface area contributed by atoms with Crippen molar-refractivity contribution in [3.05, 3.63) is 27.6 Å².